The Labute approximate surface area is 144 Å². The van der Waals surface area contributed by atoms with E-state index in [4.69, 9.17) is 9.47 Å². The first kappa shape index (κ1) is 18.8. The van der Waals surface area contributed by atoms with Crippen molar-refractivity contribution in [3.63, 3.8) is 0 Å². The highest BCUT2D eigenvalue weighted by Gasteiger charge is 2.33. The van der Waals surface area contributed by atoms with Crippen LogP contribution in [0.1, 0.15) is 16.1 Å². The van der Waals surface area contributed by atoms with Crippen molar-refractivity contribution in [2.75, 3.05) is 20.0 Å². The molecule has 1 N–H and O–H groups in total. The van der Waals surface area contributed by atoms with Gasteiger partial charge in [0.05, 0.1) is 20.0 Å². The fourth-order valence-corrected chi connectivity index (χ4v) is 2.65. The number of H-pyrrole nitrogens is 1. The first-order chi connectivity index (χ1) is 11.7. The summed E-state index contributed by atoms with van der Waals surface area (Å²) < 4.78 is 48.1. The monoisotopic (exact) mass is 374 g/mol. The van der Waals surface area contributed by atoms with E-state index in [1.165, 1.54) is 26.4 Å². The number of ether oxygens (including phenoxy) is 2. The zero-order valence-electron chi connectivity index (χ0n) is 13.1. The van der Waals surface area contributed by atoms with Crippen LogP contribution in [0, 0.1) is 0 Å². The Hall–Kier alpha value is -2.49. The fourth-order valence-electron chi connectivity index (χ4n) is 1.88. The predicted molar refractivity (Wildman–Crippen MR) is 84.5 cm³/mol. The predicted octanol–water partition coefficient (Wildman–Crippen LogP) is 2.78. The number of alkyl halides is 3. The summed E-state index contributed by atoms with van der Waals surface area (Å²) in [5.41, 5.74) is -1.96. The van der Waals surface area contributed by atoms with Crippen LogP contribution in [-0.2, 0) is 6.18 Å². The number of carbonyl (C=O) groups is 1. The molecular weight excluding hydrogens is 361 g/mol. The van der Waals surface area contributed by atoms with Gasteiger partial charge in [0, 0.05) is 11.6 Å². The Morgan fingerprint density at radius 2 is 1.88 bits per heavy atom. The van der Waals surface area contributed by atoms with Crippen LogP contribution in [0.3, 0.4) is 0 Å². The molecular formula is C15H13F3N2O4S. The molecule has 0 aliphatic heterocycles. The Kier molecular flexibility index (Phi) is 5.73. The number of methoxy groups -OCH3 is 2. The van der Waals surface area contributed by atoms with Crippen molar-refractivity contribution in [1.29, 1.82) is 0 Å². The molecule has 0 spiro atoms. The summed E-state index contributed by atoms with van der Waals surface area (Å²) >= 11 is 0.703. The third-order valence-electron chi connectivity index (χ3n) is 3.06. The fraction of sp³-hybridized carbons (Fsp3) is 0.267. The second-order valence-electron chi connectivity index (χ2n) is 4.72. The number of nitrogens with zero attached hydrogens (tertiary/aromatic N) is 1. The van der Waals surface area contributed by atoms with Gasteiger partial charge in [-0.25, -0.2) is 4.98 Å². The number of benzene rings is 1. The maximum absolute atomic E-state index is 12.6. The van der Waals surface area contributed by atoms with Crippen LogP contribution in [0.2, 0.25) is 0 Å². The number of hydrogen-bond acceptors (Lipinski definition) is 6. The number of halogens is 3. The molecule has 0 saturated carbocycles. The van der Waals surface area contributed by atoms with E-state index in [2.05, 4.69) is 9.97 Å². The van der Waals surface area contributed by atoms with E-state index in [1.54, 1.807) is 6.07 Å². The number of aromatic nitrogens is 2. The van der Waals surface area contributed by atoms with Gasteiger partial charge in [-0.2, -0.15) is 13.2 Å². The zero-order chi connectivity index (χ0) is 18.6. The van der Waals surface area contributed by atoms with Crippen LogP contribution < -0.4 is 15.0 Å². The van der Waals surface area contributed by atoms with E-state index < -0.39 is 17.4 Å². The van der Waals surface area contributed by atoms with E-state index in [0.717, 1.165) is 0 Å². The smallest absolute Gasteiger partial charge is 0.433 e. The largest absolute Gasteiger partial charge is 0.493 e. The minimum atomic E-state index is -4.74. The van der Waals surface area contributed by atoms with Crippen LogP contribution in [0.4, 0.5) is 13.2 Å². The molecule has 2 aromatic rings. The number of Topliss-reactive ketones (excluding diaryl/α,β-unsaturated/α-hetero) is 1. The minimum Gasteiger partial charge on any atom is -0.493 e. The van der Waals surface area contributed by atoms with Gasteiger partial charge in [-0.15, -0.1) is 0 Å². The summed E-state index contributed by atoms with van der Waals surface area (Å²) in [4.78, 5) is 29.0. The van der Waals surface area contributed by atoms with Gasteiger partial charge in [0.1, 0.15) is 0 Å². The van der Waals surface area contributed by atoms with Crippen LogP contribution in [-0.4, -0.2) is 35.7 Å². The average Bonchev–Trinajstić information content (AvgIpc) is 2.57. The van der Waals surface area contributed by atoms with Crippen LogP contribution in [0.5, 0.6) is 11.5 Å². The summed E-state index contributed by atoms with van der Waals surface area (Å²) in [6.07, 6.45) is -4.74. The van der Waals surface area contributed by atoms with Crippen molar-refractivity contribution >= 4 is 17.5 Å². The van der Waals surface area contributed by atoms with Gasteiger partial charge in [0.2, 0.25) is 0 Å². The summed E-state index contributed by atoms with van der Waals surface area (Å²) in [7, 11) is 2.86. The van der Waals surface area contributed by atoms with E-state index in [0.29, 0.717) is 34.9 Å². The Bertz CT molecular complexity index is 836. The summed E-state index contributed by atoms with van der Waals surface area (Å²) in [6, 6.07) is 4.87. The molecule has 25 heavy (non-hydrogen) atoms. The quantitative estimate of drug-likeness (QED) is 0.476. The first-order valence-corrected chi connectivity index (χ1v) is 7.79. The number of carbonyl (C=O) groups excluding carboxylic acids is 1. The minimum absolute atomic E-state index is 0.209. The standard InChI is InChI=1S/C15H13F3N2O4S/c1-23-10-4-3-8(5-11(10)24-2)9(21)7-25-14-19-12(15(16,17)18)6-13(22)20-14/h3-6H,7H2,1-2H3,(H,19,20,22). The average molecular weight is 374 g/mol. The van der Waals surface area contributed by atoms with E-state index >= 15 is 0 Å². The topological polar surface area (TPSA) is 81.3 Å². The number of hydrogen-bond donors (Lipinski definition) is 1. The summed E-state index contributed by atoms with van der Waals surface area (Å²) in [6.45, 7) is 0. The van der Waals surface area contributed by atoms with E-state index in [9.17, 15) is 22.8 Å². The number of rotatable bonds is 6. The Balaban J connectivity index is 2.15. The van der Waals surface area contributed by atoms with Crippen molar-refractivity contribution in [3.05, 3.63) is 45.9 Å². The zero-order valence-corrected chi connectivity index (χ0v) is 14.0. The van der Waals surface area contributed by atoms with Crippen molar-refractivity contribution in [2.24, 2.45) is 0 Å². The number of nitrogens with one attached hydrogen (secondary N) is 1. The number of thioether (sulfide) groups is 1. The molecule has 6 nitrogen and oxygen atoms in total. The molecule has 0 saturated heterocycles. The van der Waals surface area contributed by atoms with Crippen molar-refractivity contribution < 1.29 is 27.4 Å². The third-order valence-corrected chi connectivity index (χ3v) is 3.93. The van der Waals surface area contributed by atoms with Gasteiger partial charge in [-0.05, 0) is 18.2 Å². The van der Waals surface area contributed by atoms with Gasteiger partial charge in [0.15, 0.2) is 28.1 Å². The van der Waals surface area contributed by atoms with Crippen molar-refractivity contribution in [2.45, 2.75) is 11.3 Å². The van der Waals surface area contributed by atoms with Crippen molar-refractivity contribution in [3.8, 4) is 11.5 Å². The molecule has 0 aliphatic carbocycles. The molecule has 1 aromatic heterocycles. The molecule has 1 heterocycles. The van der Waals surface area contributed by atoms with Gasteiger partial charge in [0.25, 0.3) is 5.56 Å². The molecule has 0 radical (unpaired) electrons. The second-order valence-corrected chi connectivity index (χ2v) is 5.68. The molecule has 134 valence electrons. The van der Waals surface area contributed by atoms with Gasteiger partial charge >= 0.3 is 6.18 Å². The highest BCUT2D eigenvalue weighted by Crippen LogP contribution is 2.29. The molecule has 0 unspecified atom stereocenters. The number of ketones is 1. The molecule has 1 aromatic carbocycles. The summed E-state index contributed by atoms with van der Waals surface area (Å²) in [5.74, 6) is 0.213. The number of aromatic amines is 1. The summed E-state index contributed by atoms with van der Waals surface area (Å²) in [5, 5.41) is -0.284. The Morgan fingerprint density at radius 1 is 1.20 bits per heavy atom. The Morgan fingerprint density at radius 3 is 2.48 bits per heavy atom. The normalized spacial score (nSPS) is 11.2. The lowest BCUT2D eigenvalue weighted by molar-refractivity contribution is -0.141. The lowest BCUT2D eigenvalue weighted by Crippen LogP contribution is -2.17. The van der Waals surface area contributed by atoms with Crippen LogP contribution in [0.15, 0.2) is 34.2 Å². The van der Waals surface area contributed by atoms with E-state index in [1.807, 2.05) is 0 Å². The maximum Gasteiger partial charge on any atom is 0.433 e. The molecule has 0 atom stereocenters. The first-order valence-electron chi connectivity index (χ1n) is 6.81. The molecule has 0 aliphatic rings. The third kappa shape index (κ3) is 4.75. The van der Waals surface area contributed by atoms with Crippen molar-refractivity contribution in [1.82, 2.24) is 9.97 Å². The maximum atomic E-state index is 12.6. The van der Waals surface area contributed by atoms with Crippen LogP contribution in [0.25, 0.3) is 0 Å². The molecule has 10 heteroatoms. The van der Waals surface area contributed by atoms with Gasteiger partial charge in [-0.3, -0.25) is 9.59 Å². The lowest BCUT2D eigenvalue weighted by atomic mass is 10.1. The molecule has 2 rings (SSSR count). The lowest BCUT2D eigenvalue weighted by Gasteiger charge is -2.09. The van der Waals surface area contributed by atoms with Gasteiger partial charge in [-0.1, -0.05) is 11.8 Å². The highest BCUT2D eigenvalue weighted by molar-refractivity contribution is 7.99. The molecule has 0 bridgehead atoms. The molecule has 0 amide bonds. The SMILES string of the molecule is COc1ccc(C(=O)CSc2nc(C(F)(F)F)cc(=O)[nH]2)cc1OC. The second kappa shape index (κ2) is 7.60. The van der Waals surface area contributed by atoms with Gasteiger partial charge < -0.3 is 14.5 Å². The van der Waals surface area contributed by atoms with E-state index in [-0.39, 0.29) is 16.7 Å². The van der Waals surface area contributed by atoms with Crippen LogP contribution >= 0.6 is 11.8 Å². The highest BCUT2D eigenvalue weighted by atomic mass is 32.2. The molecule has 0 fully saturated rings.